The zero-order chi connectivity index (χ0) is 47.0. The van der Waals surface area contributed by atoms with Crippen LogP contribution in [0.3, 0.4) is 0 Å². The minimum absolute atomic E-state index is 0.000749. The van der Waals surface area contributed by atoms with Crippen LogP contribution < -0.4 is 16.2 Å². The third-order valence-corrected chi connectivity index (χ3v) is 14.7. The first kappa shape index (κ1) is 43.9. The van der Waals surface area contributed by atoms with Gasteiger partial charge in [0, 0.05) is 107 Å². The van der Waals surface area contributed by atoms with Gasteiger partial charge in [-0.15, -0.1) is 0 Å². The molecular weight excluding hydrogens is 864 g/mol. The number of amides is 2. The number of aromatic nitrogens is 8. The number of rotatable bonds is 10. The number of hydrogen-bond acceptors (Lipinski definition) is 10. The number of nitrogens with two attached hydrogens (primary N) is 2. The highest BCUT2D eigenvalue weighted by molar-refractivity contribution is 6.00. The van der Waals surface area contributed by atoms with Gasteiger partial charge in [-0.3, -0.25) is 9.59 Å². The van der Waals surface area contributed by atoms with Gasteiger partial charge in [-0.25, -0.2) is 19.3 Å². The van der Waals surface area contributed by atoms with Crippen LogP contribution in [0.1, 0.15) is 59.2 Å². The van der Waals surface area contributed by atoms with Gasteiger partial charge >= 0.3 is 0 Å². The van der Waals surface area contributed by atoms with E-state index in [9.17, 15) is 9.59 Å². The van der Waals surface area contributed by atoms with E-state index in [0.29, 0.717) is 60.6 Å². The van der Waals surface area contributed by atoms with Crippen LogP contribution in [0.15, 0.2) is 72.9 Å². The molecular formula is C51H57FN12O4. The van der Waals surface area contributed by atoms with Crippen LogP contribution in [-0.2, 0) is 31.9 Å². The number of hydrogen-bond donors (Lipinski definition) is 2. The molecule has 2 amide bonds. The van der Waals surface area contributed by atoms with E-state index >= 15 is 4.39 Å². The first-order valence-electron chi connectivity index (χ1n) is 23.7. The molecule has 2 saturated carbocycles. The van der Waals surface area contributed by atoms with Crippen LogP contribution in [0.4, 0.5) is 4.39 Å². The number of carbonyl (C=O) groups is 2. The molecule has 0 spiro atoms. The van der Waals surface area contributed by atoms with E-state index in [1.807, 2.05) is 66.2 Å². The summed E-state index contributed by atoms with van der Waals surface area (Å²) in [5, 5.41) is 2.06. The third-order valence-electron chi connectivity index (χ3n) is 14.7. The summed E-state index contributed by atoms with van der Waals surface area (Å²) in [7, 11) is 7.18. The van der Waals surface area contributed by atoms with E-state index in [-0.39, 0.29) is 35.5 Å². The van der Waals surface area contributed by atoms with Crippen molar-refractivity contribution in [2.24, 2.45) is 37.4 Å². The zero-order valence-electron chi connectivity index (χ0n) is 38.9. The molecule has 1 unspecified atom stereocenters. The van der Waals surface area contributed by atoms with Crippen molar-refractivity contribution in [1.29, 1.82) is 0 Å². The fraction of sp³-hybridized carbons (Fsp3) is 0.412. The minimum atomic E-state index is -0.511. The largest absolute Gasteiger partial charge is 0.481 e. The molecule has 4 atom stereocenters. The van der Waals surface area contributed by atoms with Crippen molar-refractivity contribution < 1.29 is 23.5 Å². The summed E-state index contributed by atoms with van der Waals surface area (Å²) in [5.41, 5.74) is 19.8. The lowest BCUT2D eigenvalue weighted by Crippen LogP contribution is -2.45. The quantitative estimate of drug-likeness (QED) is 0.154. The van der Waals surface area contributed by atoms with E-state index < -0.39 is 5.82 Å². The second kappa shape index (κ2) is 17.4. The molecule has 8 heterocycles. The summed E-state index contributed by atoms with van der Waals surface area (Å²) in [4.78, 5) is 49.1. The smallest absolute Gasteiger partial charge is 0.257 e. The Kier molecular flexibility index (Phi) is 11.2. The normalized spacial score (nSPS) is 20.3. The molecule has 352 valence electrons. The Labute approximate surface area is 392 Å². The number of ether oxygens (including phenoxy) is 2. The van der Waals surface area contributed by atoms with Gasteiger partial charge in [0.2, 0.25) is 5.88 Å². The summed E-state index contributed by atoms with van der Waals surface area (Å²) in [6.45, 7) is 4.02. The second-order valence-corrected chi connectivity index (χ2v) is 19.0. The highest BCUT2D eigenvalue weighted by Gasteiger charge is 2.47. The molecule has 2 aliphatic heterocycles. The molecule has 2 aliphatic carbocycles. The van der Waals surface area contributed by atoms with E-state index in [1.54, 1.807) is 25.2 Å². The average Bonchev–Trinajstić information content (AvgIpc) is 3.64. The Hall–Kier alpha value is -6.69. The van der Waals surface area contributed by atoms with Crippen molar-refractivity contribution in [1.82, 2.24) is 48.0 Å². The van der Waals surface area contributed by atoms with Crippen molar-refractivity contribution in [2.45, 2.75) is 69.7 Å². The van der Waals surface area contributed by atoms with E-state index in [2.05, 4.69) is 41.9 Å². The van der Waals surface area contributed by atoms with Crippen molar-refractivity contribution in [3.05, 3.63) is 89.9 Å². The molecule has 4 N–H and O–H groups in total. The average molecular weight is 921 g/mol. The maximum absolute atomic E-state index is 15.2. The summed E-state index contributed by atoms with van der Waals surface area (Å²) in [6.07, 6.45) is 8.12. The Morgan fingerprint density at radius 2 is 1.53 bits per heavy atom. The standard InChI is InChI=1S/C26H27FN6O.C25H30N6O3/c1-31-21-11-18(27)17(26(34)33-13-16-6-7-20(33)23(16)28)10-19(21)30-25(31)22-9-15-3-2-8-29-24(15)32(22)12-14-4-5-14;1-29-20-8-6-17(25(32)30-10-4-5-18(26)15-30)13-19(20)27-24(29)21-14-16-7-9-22(34-3)28-23(16)31(21)11-12-33-2/h2-3,8-11,14,16,20,23H,4-7,12-13,28H2,1H3;6-9,13-14,18H,4-5,10-12,15,26H2,1-3H3/t16-,20-,23-;/m1./s1. The van der Waals surface area contributed by atoms with Gasteiger partial charge in [-0.05, 0) is 105 Å². The molecule has 8 aromatic rings. The number of aryl methyl sites for hydroxylation is 2. The summed E-state index contributed by atoms with van der Waals surface area (Å²) < 4.78 is 34.2. The molecule has 68 heavy (non-hydrogen) atoms. The monoisotopic (exact) mass is 920 g/mol. The number of benzene rings is 2. The SMILES string of the molecule is COCCn1c(-c2nc3cc(C(=O)N4CCCC(N)C4)ccc3n2C)cc2ccc(OC)nc21.Cn1c(-c2cc3cccnc3n2CC2CC2)nc2cc(C(=O)N3C[C@H]4CC[C@@H]3[C@@H]4N)c(F)cc21. The molecule has 2 aromatic carbocycles. The third kappa shape index (κ3) is 7.65. The van der Waals surface area contributed by atoms with E-state index in [0.717, 1.165) is 94.9 Å². The maximum Gasteiger partial charge on any atom is 0.257 e. The van der Waals surface area contributed by atoms with Gasteiger partial charge < -0.3 is 49.0 Å². The van der Waals surface area contributed by atoms with E-state index in [4.69, 9.17) is 30.9 Å². The number of methoxy groups -OCH3 is 2. The van der Waals surface area contributed by atoms with Crippen LogP contribution in [0.25, 0.3) is 67.2 Å². The van der Waals surface area contributed by atoms with Crippen LogP contribution in [0, 0.1) is 17.7 Å². The molecule has 4 fully saturated rings. The number of likely N-dealkylation sites (tertiary alicyclic amines) is 2. The molecule has 16 nitrogen and oxygen atoms in total. The molecule has 2 bridgehead atoms. The number of piperidine rings is 2. The Morgan fingerprint density at radius 1 is 0.779 bits per heavy atom. The first-order valence-corrected chi connectivity index (χ1v) is 23.7. The molecule has 6 aromatic heterocycles. The molecule has 2 saturated heterocycles. The van der Waals surface area contributed by atoms with Gasteiger partial charge in [-0.1, -0.05) is 0 Å². The highest BCUT2D eigenvalue weighted by Crippen LogP contribution is 2.39. The van der Waals surface area contributed by atoms with Crippen LogP contribution in [0.2, 0.25) is 0 Å². The Bertz CT molecular complexity index is 3260. The fourth-order valence-corrected chi connectivity index (χ4v) is 10.8. The maximum atomic E-state index is 15.2. The molecule has 17 heteroatoms. The van der Waals surface area contributed by atoms with Crippen molar-refractivity contribution in [2.75, 3.05) is 40.5 Å². The lowest BCUT2D eigenvalue weighted by Gasteiger charge is -2.30. The number of pyridine rings is 2. The summed E-state index contributed by atoms with van der Waals surface area (Å²) in [6, 6.07) is 20.9. The number of nitrogens with zero attached hydrogens (tertiary/aromatic N) is 10. The second-order valence-electron chi connectivity index (χ2n) is 19.0. The summed E-state index contributed by atoms with van der Waals surface area (Å²) in [5.74, 6) is 2.31. The predicted octanol–water partition coefficient (Wildman–Crippen LogP) is 6.51. The lowest BCUT2D eigenvalue weighted by molar-refractivity contribution is 0.0693. The van der Waals surface area contributed by atoms with Crippen molar-refractivity contribution in [3.63, 3.8) is 0 Å². The number of fused-ring (bicyclic) bond motifs is 6. The van der Waals surface area contributed by atoms with Crippen molar-refractivity contribution in [3.8, 4) is 28.9 Å². The zero-order valence-corrected chi connectivity index (χ0v) is 38.9. The Morgan fingerprint density at radius 3 is 2.24 bits per heavy atom. The number of halogens is 1. The van der Waals surface area contributed by atoms with Gasteiger partial charge in [0.1, 0.15) is 17.1 Å². The minimum Gasteiger partial charge on any atom is -0.481 e. The lowest BCUT2D eigenvalue weighted by atomic mass is 10.1. The van der Waals surface area contributed by atoms with Gasteiger partial charge in [0.25, 0.3) is 11.8 Å². The highest BCUT2D eigenvalue weighted by atomic mass is 19.1. The van der Waals surface area contributed by atoms with E-state index in [1.165, 1.54) is 18.9 Å². The van der Waals surface area contributed by atoms with Crippen LogP contribution in [0.5, 0.6) is 5.88 Å². The van der Waals surface area contributed by atoms with Gasteiger partial charge in [-0.2, -0.15) is 4.98 Å². The number of imidazole rings is 2. The number of carbonyl (C=O) groups excluding carboxylic acids is 2. The van der Waals surface area contributed by atoms with Crippen LogP contribution >= 0.6 is 0 Å². The molecule has 12 rings (SSSR count). The van der Waals surface area contributed by atoms with Gasteiger partial charge in [0.05, 0.1) is 52.7 Å². The molecule has 4 aliphatic rings. The Balaban J connectivity index is 0.000000149. The predicted molar refractivity (Wildman–Crippen MR) is 259 cm³/mol. The van der Waals surface area contributed by atoms with Gasteiger partial charge in [0.15, 0.2) is 11.6 Å². The topological polar surface area (TPSA) is 182 Å². The fourth-order valence-electron chi connectivity index (χ4n) is 10.8. The molecule has 0 radical (unpaired) electrons. The van der Waals surface area contributed by atoms with Crippen LogP contribution in [-0.4, -0.2) is 118 Å². The summed E-state index contributed by atoms with van der Waals surface area (Å²) >= 11 is 0. The first-order chi connectivity index (χ1) is 33.0. The van der Waals surface area contributed by atoms with Crippen molar-refractivity contribution >= 4 is 55.9 Å².